The average Bonchev–Trinajstić information content (AvgIpc) is 3.83. The third-order valence-electron chi connectivity index (χ3n) is 11.3. The van der Waals surface area contributed by atoms with Gasteiger partial charge in [-0.3, -0.25) is 0 Å². The van der Waals surface area contributed by atoms with Crippen LogP contribution in [0.4, 0.5) is 31.5 Å². The van der Waals surface area contributed by atoms with Crippen LogP contribution in [-0.2, 0) is 31.9 Å². The van der Waals surface area contributed by atoms with Crippen LogP contribution >= 0.6 is 0 Å². The van der Waals surface area contributed by atoms with E-state index in [1.165, 1.54) is 12.1 Å². The van der Waals surface area contributed by atoms with Crippen LogP contribution in [0.2, 0.25) is 0 Å². The van der Waals surface area contributed by atoms with Crippen molar-refractivity contribution < 1.29 is 40.1 Å². The van der Waals surface area contributed by atoms with Crippen molar-refractivity contribution in [2.45, 2.75) is 52.4 Å². The predicted molar refractivity (Wildman–Crippen MR) is 252 cm³/mol. The molecule has 10 rings (SSSR count). The summed E-state index contributed by atoms with van der Waals surface area (Å²) < 4.78 is 75.0. The molecule has 0 radical (unpaired) electrons. The average molecular weight is 1030 g/mol. The van der Waals surface area contributed by atoms with Gasteiger partial charge >= 0.3 is 0 Å². The van der Waals surface area contributed by atoms with Gasteiger partial charge in [-0.05, 0) is 87.0 Å². The summed E-state index contributed by atoms with van der Waals surface area (Å²) in [5.74, 6) is -0.0401. The van der Waals surface area contributed by atoms with Crippen molar-refractivity contribution in [1.82, 2.24) is 9.55 Å². The molecule has 0 unspecified atom stereocenters. The Morgan fingerprint density at radius 1 is 0.594 bits per heavy atom. The Morgan fingerprint density at radius 2 is 1.25 bits per heavy atom. The molecule has 7 aromatic carbocycles. The molecule has 1 aliphatic heterocycles. The summed E-state index contributed by atoms with van der Waals surface area (Å²) in [7, 11) is 0. The molecular formula is C56H45F2N4OPt-3. The van der Waals surface area contributed by atoms with E-state index in [0.717, 1.165) is 50.6 Å². The molecule has 0 aliphatic carbocycles. The summed E-state index contributed by atoms with van der Waals surface area (Å²) >= 11 is 0. The molecule has 0 saturated heterocycles. The van der Waals surface area contributed by atoms with E-state index in [1.54, 1.807) is 12.1 Å². The van der Waals surface area contributed by atoms with Crippen LogP contribution < -0.4 is 14.5 Å². The van der Waals surface area contributed by atoms with E-state index in [2.05, 4.69) is 55.7 Å². The van der Waals surface area contributed by atoms with E-state index in [9.17, 15) is 11.5 Å². The molecule has 0 saturated carbocycles. The number of halogens is 2. The van der Waals surface area contributed by atoms with Gasteiger partial charge in [0.05, 0.1) is 5.48 Å². The van der Waals surface area contributed by atoms with Crippen LogP contribution in [0.5, 0.6) is 11.5 Å². The van der Waals surface area contributed by atoms with E-state index < -0.39 is 17.0 Å². The van der Waals surface area contributed by atoms with Gasteiger partial charge in [-0.2, -0.15) is 6.07 Å². The molecule has 0 amide bonds. The number of hydrogen-bond donors (Lipinski definition) is 0. The molecule has 1 aliphatic rings. The van der Waals surface area contributed by atoms with Crippen LogP contribution in [0.15, 0.2) is 158 Å². The van der Waals surface area contributed by atoms with Crippen molar-refractivity contribution in [1.29, 1.82) is 0 Å². The number of anilines is 4. The van der Waals surface area contributed by atoms with Gasteiger partial charge in [0.15, 0.2) is 0 Å². The van der Waals surface area contributed by atoms with Gasteiger partial charge in [0.1, 0.15) is 17.5 Å². The summed E-state index contributed by atoms with van der Waals surface area (Å²) in [4.78, 5) is 8.65. The maximum absolute atomic E-state index is 14.6. The maximum Gasteiger partial charge on any atom is 0.135 e. The second kappa shape index (κ2) is 16.5. The fourth-order valence-electron chi connectivity index (χ4n) is 8.12. The van der Waals surface area contributed by atoms with E-state index in [-0.39, 0.29) is 62.0 Å². The molecule has 0 spiro atoms. The molecule has 0 N–H and O–H groups in total. The van der Waals surface area contributed by atoms with Gasteiger partial charge in [0.25, 0.3) is 0 Å². The monoisotopic (exact) mass is 1030 g/mol. The fraction of sp³-hybridized carbons (Fsp3) is 0.143. The minimum atomic E-state index is -0.690. The summed E-state index contributed by atoms with van der Waals surface area (Å²) in [6.07, 6.45) is 1.83. The Hall–Kier alpha value is -6.56. The topological polar surface area (TPSA) is 33.5 Å². The van der Waals surface area contributed by atoms with Crippen LogP contribution in [0.25, 0.3) is 49.9 Å². The number of ether oxygens (including phenoxy) is 1. The third-order valence-corrected chi connectivity index (χ3v) is 11.3. The van der Waals surface area contributed by atoms with E-state index in [0.29, 0.717) is 39.4 Å². The van der Waals surface area contributed by atoms with Gasteiger partial charge in [0, 0.05) is 73.0 Å². The number of rotatable bonds is 7. The van der Waals surface area contributed by atoms with E-state index in [4.69, 9.17) is 12.5 Å². The van der Waals surface area contributed by atoms with Crippen molar-refractivity contribution in [2.75, 3.05) is 9.80 Å². The Kier molecular flexibility index (Phi) is 9.80. The molecule has 322 valence electrons. The largest absolute Gasteiger partial charge is 0.509 e. The maximum atomic E-state index is 14.6. The quantitative estimate of drug-likeness (QED) is 0.149. The Balaban J connectivity index is 0.00000578. The van der Waals surface area contributed by atoms with Crippen molar-refractivity contribution >= 4 is 44.6 Å². The van der Waals surface area contributed by atoms with Gasteiger partial charge in [-0.25, -0.2) is 13.8 Å². The number of nitrogens with zero attached hydrogens (tertiary/aromatic N) is 4. The second-order valence-corrected chi connectivity index (χ2v) is 17.8. The molecule has 0 bridgehead atoms. The molecule has 2 aromatic heterocycles. The standard InChI is InChI=1S/C56H45F2N4O.Pt/c1-55(2,3)39-21-19-36(20-22-39)37-29-43(60-35-61(52-18-12-11-17-51(52)60)49-15-9-7-13-46(49)38-27-41(57)32-42(58)28-38)33-45(30-37)63-44-23-24-48-47-14-8-10-16-50(47)62(53(48)34-44)54-31-40(25-26-59-54)56(4,5)6;/h7-32,35H,1-6H3;/q-3;/i19D,20D,21D,22D;. The van der Waals surface area contributed by atoms with Crippen LogP contribution in [-0.4, -0.2) is 9.55 Å². The van der Waals surface area contributed by atoms with Crippen LogP contribution in [0.3, 0.4) is 0 Å². The van der Waals surface area contributed by atoms with Gasteiger partial charge < -0.3 is 19.1 Å². The van der Waals surface area contributed by atoms with E-state index in [1.807, 2.05) is 122 Å². The van der Waals surface area contributed by atoms with Crippen molar-refractivity contribution in [2.24, 2.45) is 0 Å². The first-order valence-electron chi connectivity index (χ1n) is 22.8. The van der Waals surface area contributed by atoms with Crippen molar-refractivity contribution in [3.05, 3.63) is 199 Å². The van der Waals surface area contributed by atoms with Crippen molar-refractivity contribution in [3.63, 3.8) is 0 Å². The van der Waals surface area contributed by atoms with Crippen LogP contribution in [0.1, 0.15) is 58.2 Å². The zero-order chi connectivity index (χ0) is 47.1. The first kappa shape index (κ1) is 37.9. The normalized spacial score (nSPS) is 13.6. The number of hydrogen-bond acceptors (Lipinski definition) is 4. The molecular weight excluding hydrogens is 978 g/mol. The SMILES string of the molecule is [2H]c1c([2H])c(C(C)(C)C)c([2H])c([2H])c1-c1cc(Oc2[c-]c3c(cc2)c2ccccc2n3-c2cc(C(C)(C)C)ccn2)[c-]c(N2[CH-]N(c3ccccc3-c3cc(F)cc(F)c3)c3ccccc32)c1.[Pt]. The summed E-state index contributed by atoms with van der Waals surface area (Å²) in [6.45, 7) is 14.0. The number of para-hydroxylation sites is 4. The minimum absolute atomic E-state index is 0. The molecule has 9 aromatic rings. The zero-order valence-corrected chi connectivity index (χ0v) is 38.3. The minimum Gasteiger partial charge on any atom is -0.509 e. The molecule has 0 atom stereocenters. The summed E-state index contributed by atoms with van der Waals surface area (Å²) in [5, 5.41) is 1.98. The first-order chi connectivity index (χ1) is 32.0. The number of aromatic nitrogens is 2. The van der Waals surface area contributed by atoms with E-state index >= 15 is 0 Å². The Morgan fingerprint density at radius 3 is 1.97 bits per heavy atom. The number of fused-ring (bicyclic) bond motifs is 4. The van der Waals surface area contributed by atoms with Gasteiger partial charge in [-0.15, -0.1) is 53.6 Å². The third kappa shape index (κ3) is 7.99. The Labute approximate surface area is 393 Å². The smallest absolute Gasteiger partial charge is 0.135 e. The zero-order valence-electron chi connectivity index (χ0n) is 40.0. The van der Waals surface area contributed by atoms with Crippen molar-refractivity contribution in [3.8, 4) is 39.6 Å². The summed E-state index contributed by atoms with van der Waals surface area (Å²) in [5.41, 5.74) is 6.46. The number of benzene rings is 7. The fourth-order valence-corrected chi connectivity index (χ4v) is 8.12. The molecule has 3 heterocycles. The first-order valence-corrected chi connectivity index (χ1v) is 20.8. The molecule has 64 heavy (non-hydrogen) atoms. The molecule has 8 heteroatoms. The number of pyridine rings is 1. The van der Waals surface area contributed by atoms with Gasteiger partial charge in [-0.1, -0.05) is 120 Å². The predicted octanol–water partition coefficient (Wildman–Crippen LogP) is 15.2. The van der Waals surface area contributed by atoms with Gasteiger partial charge in [0.2, 0.25) is 0 Å². The molecule has 5 nitrogen and oxygen atoms in total. The molecule has 0 fully saturated rings. The Bertz CT molecular complexity index is 3400. The second-order valence-electron chi connectivity index (χ2n) is 17.8. The summed E-state index contributed by atoms with van der Waals surface area (Å²) in [6, 6.07) is 44.5. The van der Waals surface area contributed by atoms with Crippen LogP contribution in [0, 0.1) is 30.4 Å².